The van der Waals surface area contributed by atoms with E-state index in [4.69, 9.17) is 16.3 Å². The van der Waals surface area contributed by atoms with Gasteiger partial charge in [0.1, 0.15) is 11.3 Å². The summed E-state index contributed by atoms with van der Waals surface area (Å²) in [7, 11) is -2.15. The van der Waals surface area contributed by atoms with Gasteiger partial charge in [-0.05, 0) is 30.7 Å². The van der Waals surface area contributed by atoms with E-state index in [2.05, 4.69) is 5.32 Å². The van der Waals surface area contributed by atoms with Gasteiger partial charge in [0.05, 0.1) is 26.5 Å². The first-order valence-electron chi connectivity index (χ1n) is 9.95. The van der Waals surface area contributed by atoms with Gasteiger partial charge < -0.3 is 15.0 Å². The summed E-state index contributed by atoms with van der Waals surface area (Å²) in [6.07, 6.45) is 1.03. The Morgan fingerprint density at radius 2 is 1.84 bits per heavy atom. The molecule has 0 bridgehead atoms. The third-order valence-electron chi connectivity index (χ3n) is 5.54. The molecule has 0 aromatic heterocycles. The van der Waals surface area contributed by atoms with Crippen molar-refractivity contribution in [2.24, 2.45) is 0 Å². The second-order valence-corrected chi connectivity index (χ2v) is 10.3. The van der Waals surface area contributed by atoms with Gasteiger partial charge >= 0.3 is 0 Å². The second kappa shape index (κ2) is 9.48. The Labute approximate surface area is 193 Å². The number of hydrogen-bond donors (Lipinski definition) is 1. The van der Waals surface area contributed by atoms with E-state index < -0.39 is 27.4 Å². The minimum Gasteiger partial charge on any atom is -0.496 e. The van der Waals surface area contributed by atoms with Gasteiger partial charge in [-0.1, -0.05) is 41.9 Å². The summed E-state index contributed by atoms with van der Waals surface area (Å²) in [5, 5.41) is 3.42. The van der Waals surface area contributed by atoms with Crippen LogP contribution in [0.4, 0.5) is 0 Å². The molecule has 1 atom stereocenters. The zero-order chi connectivity index (χ0) is 23.5. The van der Waals surface area contributed by atoms with Gasteiger partial charge in [0.25, 0.3) is 0 Å². The predicted octanol–water partition coefficient (Wildman–Crippen LogP) is 2.03. The largest absolute Gasteiger partial charge is 0.496 e. The highest BCUT2D eigenvalue weighted by molar-refractivity contribution is 7.88. The van der Waals surface area contributed by atoms with E-state index in [1.807, 2.05) is 12.1 Å². The molecule has 1 heterocycles. The minimum atomic E-state index is -3.68. The molecule has 1 unspecified atom stereocenters. The maximum absolute atomic E-state index is 13.3. The molecule has 1 aliphatic heterocycles. The van der Waals surface area contributed by atoms with Crippen LogP contribution in [0.2, 0.25) is 5.02 Å². The second-order valence-electron chi connectivity index (χ2n) is 7.91. The Kier molecular flexibility index (Phi) is 7.12. The average Bonchev–Trinajstić information content (AvgIpc) is 2.75. The van der Waals surface area contributed by atoms with Crippen molar-refractivity contribution in [2.75, 3.05) is 26.5 Å². The first-order valence-corrected chi connectivity index (χ1v) is 12.2. The standard InChI is InChI=1S/C22H26ClN3O5S/c1-22(21(28)24-12-16-8-10-18(23)11-9-16)15-25(32(3,29)30)14-20(27)26(22)13-17-6-4-5-7-19(17)31-2/h4-11H,12-15H2,1-3H3,(H,24,28). The number of carbonyl (C=O) groups is 2. The van der Waals surface area contributed by atoms with Crippen LogP contribution in [0.15, 0.2) is 48.5 Å². The SMILES string of the molecule is COc1ccccc1CN1C(=O)CN(S(C)(=O)=O)CC1(C)C(=O)NCc1ccc(Cl)cc1. The summed E-state index contributed by atoms with van der Waals surface area (Å²) in [5.74, 6) is -0.337. The topological polar surface area (TPSA) is 96.0 Å². The van der Waals surface area contributed by atoms with Crippen molar-refractivity contribution in [2.45, 2.75) is 25.6 Å². The highest BCUT2D eigenvalue weighted by Crippen LogP contribution is 2.29. The van der Waals surface area contributed by atoms with Crippen molar-refractivity contribution in [3.63, 3.8) is 0 Å². The van der Waals surface area contributed by atoms with Crippen LogP contribution in [-0.4, -0.2) is 61.4 Å². The summed E-state index contributed by atoms with van der Waals surface area (Å²) in [4.78, 5) is 27.8. The van der Waals surface area contributed by atoms with Crippen LogP contribution in [0.1, 0.15) is 18.1 Å². The van der Waals surface area contributed by atoms with Crippen molar-refractivity contribution >= 4 is 33.4 Å². The van der Waals surface area contributed by atoms with Gasteiger partial charge in [0.15, 0.2) is 0 Å². The number of methoxy groups -OCH3 is 1. The van der Waals surface area contributed by atoms with E-state index in [0.717, 1.165) is 16.1 Å². The van der Waals surface area contributed by atoms with E-state index in [1.165, 1.54) is 12.0 Å². The number of para-hydroxylation sites is 1. The number of sulfonamides is 1. The molecular formula is C22H26ClN3O5S. The smallest absolute Gasteiger partial charge is 0.247 e. The quantitative estimate of drug-likeness (QED) is 0.655. The number of piperazine rings is 1. The number of ether oxygens (including phenoxy) is 1. The maximum atomic E-state index is 13.3. The number of nitrogens with zero attached hydrogens (tertiary/aromatic N) is 2. The highest BCUT2D eigenvalue weighted by atomic mass is 35.5. The maximum Gasteiger partial charge on any atom is 0.247 e. The Morgan fingerprint density at radius 3 is 2.47 bits per heavy atom. The molecule has 1 saturated heterocycles. The van der Waals surface area contributed by atoms with Gasteiger partial charge in [-0.25, -0.2) is 8.42 Å². The summed E-state index contributed by atoms with van der Waals surface area (Å²) in [5.41, 5.74) is 0.115. The van der Waals surface area contributed by atoms with Crippen LogP contribution in [0.25, 0.3) is 0 Å². The van der Waals surface area contributed by atoms with E-state index in [-0.39, 0.29) is 26.2 Å². The Balaban J connectivity index is 1.91. The minimum absolute atomic E-state index is 0.102. The van der Waals surface area contributed by atoms with E-state index in [1.54, 1.807) is 43.3 Å². The summed E-state index contributed by atoms with van der Waals surface area (Å²) in [6, 6.07) is 14.2. The molecule has 2 amide bonds. The van der Waals surface area contributed by atoms with Crippen molar-refractivity contribution < 1.29 is 22.7 Å². The molecule has 8 nitrogen and oxygen atoms in total. The number of hydrogen-bond acceptors (Lipinski definition) is 5. The molecule has 1 aliphatic rings. The summed E-state index contributed by atoms with van der Waals surface area (Å²) < 4.78 is 30.8. The zero-order valence-electron chi connectivity index (χ0n) is 18.2. The zero-order valence-corrected chi connectivity index (χ0v) is 19.7. The average molecular weight is 480 g/mol. The fraction of sp³-hybridized carbons (Fsp3) is 0.364. The van der Waals surface area contributed by atoms with Crippen LogP contribution in [0.3, 0.4) is 0 Å². The Morgan fingerprint density at radius 1 is 1.19 bits per heavy atom. The van der Waals surface area contributed by atoms with Crippen LogP contribution in [0.5, 0.6) is 5.75 Å². The number of carbonyl (C=O) groups excluding carboxylic acids is 2. The molecule has 0 aliphatic carbocycles. The number of amides is 2. The van der Waals surface area contributed by atoms with Crippen molar-refractivity contribution in [1.29, 1.82) is 0 Å². The predicted molar refractivity (Wildman–Crippen MR) is 122 cm³/mol. The molecule has 3 rings (SSSR count). The third-order valence-corrected chi connectivity index (χ3v) is 6.99. The lowest BCUT2D eigenvalue weighted by Gasteiger charge is -2.46. The van der Waals surface area contributed by atoms with E-state index in [9.17, 15) is 18.0 Å². The normalized spacial score (nSPS) is 19.6. The first kappa shape index (κ1) is 24.0. The van der Waals surface area contributed by atoms with E-state index >= 15 is 0 Å². The summed E-state index contributed by atoms with van der Waals surface area (Å²) in [6.45, 7) is 1.41. The molecule has 10 heteroatoms. The Hall–Kier alpha value is -2.62. The lowest BCUT2D eigenvalue weighted by Crippen LogP contribution is -2.69. The van der Waals surface area contributed by atoms with Crippen molar-refractivity contribution in [3.05, 3.63) is 64.7 Å². The molecule has 172 valence electrons. The lowest BCUT2D eigenvalue weighted by atomic mass is 9.94. The van der Waals surface area contributed by atoms with Crippen LogP contribution in [0, 0.1) is 0 Å². The van der Waals surface area contributed by atoms with Gasteiger partial charge in [-0.3, -0.25) is 9.59 Å². The molecule has 1 N–H and O–H groups in total. The molecule has 0 spiro atoms. The van der Waals surface area contributed by atoms with Crippen molar-refractivity contribution in [1.82, 2.24) is 14.5 Å². The Bertz CT molecular complexity index is 1110. The molecule has 32 heavy (non-hydrogen) atoms. The van der Waals surface area contributed by atoms with Gasteiger partial charge in [0.2, 0.25) is 21.8 Å². The molecule has 2 aromatic rings. The fourth-order valence-corrected chi connectivity index (χ4v) is 4.62. The number of rotatable bonds is 7. The van der Waals surface area contributed by atoms with Gasteiger partial charge in [-0.15, -0.1) is 0 Å². The highest BCUT2D eigenvalue weighted by Gasteiger charge is 2.49. The number of halogens is 1. The summed E-state index contributed by atoms with van der Waals surface area (Å²) >= 11 is 5.91. The van der Waals surface area contributed by atoms with Gasteiger partial charge in [-0.2, -0.15) is 4.31 Å². The van der Waals surface area contributed by atoms with Crippen molar-refractivity contribution in [3.8, 4) is 5.75 Å². The van der Waals surface area contributed by atoms with Crippen LogP contribution < -0.4 is 10.1 Å². The molecule has 2 aromatic carbocycles. The van der Waals surface area contributed by atoms with Crippen LogP contribution in [-0.2, 0) is 32.7 Å². The molecule has 0 saturated carbocycles. The third kappa shape index (κ3) is 5.23. The molecule has 1 fully saturated rings. The number of nitrogens with one attached hydrogen (secondary N) is 1. The van der Waals surface area contributed by atoms with E-state index in [0.29, 0.717) is 16.3 Å². The van der Waals surface area contributed by atoms with Gasteiger partial charge in [0, 0.05) is 23.7 Å². The fourth-order valence-electron chi connectivity index (χ4n) is 3.67. The number of benzene rings is 2. The molecular weight excluding hydrogens is 454 g/mol. The molecule has 0 radical (unpaired) electrons. The monoisotopic (exact) mass is 479 g/mol. The lowest BCUT2D eigenvalue weighted by molar-refractivity contribution is -0.153. The van der Waals surface area contributed by atoms with Crippen LogP contribution >= 0.6 is 11.6 Å². The first-order chi connectivity index (χ1) is 15.0.